The van der Waals surface area contributed by atoms with Gasteiger partial charge in [-0.1, -0.05) is 0 Å². The van der Waals surface area contributed by atoms with Gasteiger partial charge in [0.1, 0.15) is 0 Å². The molecule has 8 heavy (non-hydrogen) atoms. The fourth-order valence-corrected chi connectivity index (χ4v) is 0.390. The highest BCUT2D eigenvalue weighted by atomic mass is 32.2. The van der Waals surface area contributed by atoms with Crippen molar-refractivity contribution >= 4 is 10.1 Å². The maximum atomic E-state index is 10.9. The first-order valence-corrected chi connectivity index (χ1v) is 3.02. The van der Waals surface area contributed by atoms with Crippen LogP contribution in [0.2, 0.25) is 0 Å². The van der Waals surface area contributed by atoms with E-state index in [1.54, 1.807) is 0 Å². The van der Waals surface area contributed by atoms with E-state index in [9.17, 15) is 17.2 Å². The highest BCUT2D eigenvalue weighted by Crippen LogP contribution is 2.01. The van der Waals surface area contributed by atoms with E-state index >= 15 is 0 Å². The zero-order valence-corrected chi connectivity index (χ0v) is 4.40. The fraction of sp³-hybridized carbons (Fsp3) is 0.500. The van der Waals surface area contributed by atoms with Crippen molar-refractivity contribution in [3.8, 4) is 0 Å². The summed E-state index contributed by atoms with van der Waals surface area (Å²) in [4.78, 5) is 0. The zero-order chi connectivity index (χ0) is 6.78. The van der Waals surface area contributed by atoms with Crippen LogP contribution in [0.3, 0.4) is 0 Å². The summed E-state index contributed by atoms with van der Waals surface area (Å²) < 4.78 is 48.4. The molecule has 1 radical (unpaired) electrons. The Balaban J connectivity index is 3.75. The Morgan fingerprint density at radius 2 is 1.88 bits per heavy atom. The van der Waals surface area contributed by atoms with Gasteiger partial charge in [0.2, 0.25) is 0 Å². The van der Waals surface area contributed by atoms with Crippen molar-refractivity contribution in [1.82, 2.24) is 0 Å². The summed E-state index contributed by atoms with van der Waals surface area (Å²) in [5.74, 6) is -0.451. The molecule has 0 saturated carbocycles. The molecule has 0 aliphatic rings. The molecule has 0 amide bonds. The van der Waals surface area contributed by atoms with Crippen molar-refractivity contribution in [2.24, 2.45) is 0 Å². The summed E-state index contributed by atoms with van der Waals surface area (Å²) in [7, 11) is -4.60. The SMILES string of the molecule is O=S(=O)(O)[CH]C(F)F. The van der Waals surface area contributed by atoms with Gasteiger partial charge in [-0.15, -0.1) is 0 Å². The molecule has 3 nitrogen and oxygen atoms in total. The van der Waals surface area contributed by atoms with Crippen LogP contribution >= 0.6 is 0 Å². The molecule has 1 N–H and O–H groups in total. The van der Waals surface area contributed by atoms with Crippen molar-refractivity contribution in [2.75, 3.05) is 0 Å². The molecule has 0 heterocycles. The van der Waals surface area contributed by atoms with E-state index in [1.165, 1.54) is 0 Å². The molecule has 0 aromatic heterocycles. The first-order valence-electron chi connectivity index (χ1n) is 1.52. The van der Waals surface area contributed by atoms with Gasteiger partial charge in [-0.3, -0.25) is 4.55 Å². The predicted octanol–water partition coefficient (Wildman–Crippen LogP) is 0.301. The van der Waals surface area contributed by atoms with E-state index in [0.717, 1.165) is 0 Å². The van der Waals surface area contributed by atoms with Crippen LogP contribution in [0, 0.1) is 5.75 Å². The molecule has 0 aliphatic carbocycles. The third-order valence-corrected chi connectivity index (χ3v) is 0.825. The van der Waals surface area contributed by atoms with E-state index in [4.69, 9.17) is 4.55 Å². The van der Waals surface area contributed by atoms with Crippen LogP contribution in [0.5, 0.6) is 0 Å². The van der Waals surface area contributed by atoms with Crippen LogP contribution in [-0.4, -0.2) is 19.4 Å². The molecular formula is C2H3F2O3S. The molecular weight excluding hydrogens is 142 g/mol. The average molecular weight is 145 g/mol. The number of hydrogen-bond donors (Lipinski definition) is 1. The number of alkyl halides is 2. The summed E-state index contributed by atoms with van der Waals surface area (Å²) >= 11 is 0. The molecule has 0 aliphatic heterocycles. The highest BCUT2D eigenvalue weighted by Gasteiger charge is 2.14. The monoisotopic (exact) mass is 145 g/mol. The van der Waals surface area contributed by atoms with Gasteiger partial charge < -0.3 is 0 Å². The predicted molar refractivity (Wildman–Crippen MR) is 21.9 cm³/mol. The van der Waals surface area contributed by atoms with Crippen molar-refractivity contribution in [1.29, 1.82) is 0 Å². The van der Waals surface area contributed by atoms with Gasteiger partial charge in [-0.2, -0.15) is 8.42 Å². The summed E-state index contributed by atoms with van der Waals surface area (Å²) in [6.07, 6.45) is -3.12. The molecule has 49 valence electrons. The third-order valence-electron chi connectivity index (χ3n) is 0.275. The van der Waals surface area contributed by atoms with E-state index in [2.05, 4.69) is 0 Å². The Morgan fingerprint density at radius 3 is 1.88 bits per heavy atom. The van der Waals surface area contributed by atoms with E-state index in [-0.39, 0.29) is 0 Å². The second-order valence-electron chi connectivity index (χ2n) is 0.986. The van der Waals surface area contributed by atoms with Crippen LogP contribution in [0.25, 0.3) is 0 Å². The molecule has 0 aromatic rings. The maximum Gasteiger partial charge on any atom is 0.275 e. The first-order chi connectivity index (χ1) is 3.42. The van der Waals surface area contributed by atoms with Gasteiger partial charge in [0.05, 0.1) is 0 Å². The Labute approximate surface area is 45.1 Å². The van der Waals surface area contributed by atoms with E-state index in [1.807, 2.05) is 0 Å². The lowest BCUT2D eigenvalue weighted by molar-refractivity contribution is 0.193. The van der Waals surface area contributed by atoms with Crippen LogP contribution in [0.1, 0.15) is 0 Å². The summed E-state index contributed by atoms with van der Waals surface area (Å²) in [5.41, 5.74) is 0. The smallest absolute Gasteiger partial charge is 0.275 e. The summed E-state index contributed by atoms with van der Waals surface area (Å²) in [5, 5.41) is 0. The number of rotatable bonds is 2. The Bertz CT molecular complexity index is 149. The molecule has 0 unspecified atom stereocenters. The Morgan fingerprint density at radius 1 is 1.50 bits per heavy atom. The third kappa shape index (κ3) is 5.77. The van der Waals surface area contributed by atoms with Gasteiger partial charge >= 0.3 is 0 Å². The number of hydrogen-bond acceptors (Lipinski definition) is 2. The van der Waals surface area contributed by atoms with E-state index < -0.39 is 22.3 Å². The lowest BCUT2D eigenvalue weighted by Crippen LogP contribution is -2.04. The largest absolute Gasteiger partial charge is 0.285 e. The lowest BCUT2D eigenvalue weighted by Gasteiger charge is -1.90. The fourth-order valence-electron chi connectivity index (χ4n) is 0.130. The van der Waals surface area contributed by atoms with Gasteiger partial charge in [0.15, 0.2) is 5.75 Å². The standard InChI is InChI=1S/C2H3F2O3S/c3-2(4)1-8(5,6)7/h1-2H,(H,5,6,7). The minimum atomic E-state index is -4.60. The van der Waals surface area contributed by atoms with Gasteiger partial charge in [0, 0.05) is 0 Å². The average Bonchev–Trinajstić information content (AvgIpc) is 1.21. The molecule has 6 heteroatoms. The van der Waals surface area contributed by atoms with Gasteiger partial charge in [0.25, 0.3) is 16.5 Å². The van der Waals surface area contributed by atoms with E-state index in [0.29, 0.717) is 0 Å². The zero-order valence-electron chi connectivity index (χ0n) is 3.58. The second-order valence-corrected chi connectivity index (χ2v) is 2.29. The Kier molecular flexibility index (Phi) is 2.29. The van der Waals surface area contributed by atoms with Crippen molar-refractivity contribution in [2.45, 2.75) is 6.43 Å². The van der Waals surface area contributed by atoms with Crippen molar-refractivity contribution < 1.29 is 21.8 Å². The quantitative estimate of drug-likeness (QED) is 0.568. The topological polar surface area (TPSA) is 54.4 Å². The molecule has 0 rings (SSSR count). The number of halogens is 2. The molecule has 0 fully saturated rings. The highest BCUT2D eigenvalue weighted by molar-refractivity contribution is 7.87. The molecule has 0 aromatic carbocycles. The van der Waals surface area contributed by atoms with Crippen molar-refractivity contribution in [3.05, 3.63) is 5.75 Å². The maximum absolute atomic E-state index is 10.9. The van der Waals surface area contributed by atoms with Crippen LogP contribution in [0.4, 0.5) is 8.78 Å². The lowest BCUT2D eigenvalue weighted by atomic mass is 10.9. The van der Waals surface area contributed by atoms with Crippen molar-refractivity contribution in [3.63, 3.8) is 0 Å². The van der Waals surface area contributed by atoms with Gasteiger partial charge in [-0.25, -0.2) is 8.78 Å². The Hall–Kier alpha value is -0.230. The molecule has 0 bridgehead atoms. The normalized spacial score (nSPS) is 12.5. The molecule has 0 saturated heterocycles. The molecule has 0 atom stereocenters. The van der Waals surface area contributed by atoms with Crippen LogP contribution in [-0.2, 0) is 10.1 Å². The van der Waals surface area contributed by atoms with Crippen LogP contribution < -0.4 is 0 Å². The first kappa shape index (κ1) is 7.77. The summed E-state index contributed by atoms with van der Waals surface area (Å²) in [6, 6.07) is 0. The van der Waals surface area contributed by atoms with Gasteiger partial charge in [-0.05, 0) is 0 Å². The second kappa shape index (κ2) is 2.36. The minimum Gasteiger partial charge on any atom is -0.285 e. The summed E-state index contributed by atoms with van der Waals surface area (Å²) in [6.45, 7) is 0. The minimum absolute atomic E-state index is 0.451. The van der Waals surface area contributed by atoms with Crippen LogP contribution in [0.15, 0.2) is 0 Å². The molecule has 0 spiro atoms.